The number of pyridine rings is 1. The predicted octanol–water partition coefficient (Wildman–Crippen LogP) is 3.25. The van der Waals surface area contributed by atoms with Crippen molar-refractivity contribution in [2.24, 2.45) is 0 Å². The number of furan rings is 1. The van der Waals surface area contributed by atoms with Gasteiger partial charge in [0.2, 0.25) is 11.6 Å². The van der Waals surface area contributed by atoms with E-state index in [-0.39, 0.29) is 18.8 Å². The smallest absolute Gasteiger partial charge is 0.421 e. The van der Waals surface area contributed by atoms with Gasteiger partial charge in [-0.3, -0.25) is 4.79 Å². The second-order valence-electron chi connectivity index (χ2n) is 5.86. The molecule has 0 radical (unpaired) electrons. The number of amides is 1. The van der Waals surface area contributed by atoms with Gasteiger partial charge in [-0.15, -0.1) is 0 Å². The van der Waals surface area contributed by atoms with Crippen LogP contribution in [0.3, 0.4) is 0 Å². The fourth-order valence-electron chi connectivity index (χ4n) is 2.61. The lowest BCUT2D eigenvalue weighted by Gasteiger charge is -2.38. The summed E-state index contributed by atoms with van der Waals surface area (Å²) in [5.74, 6) is -0.168. The van der Waals surface area contributed by atoms with Crippen LogP contribution in [0.4, 0.5) is 13.2 Å². The first-order chi connectivity index (χ1) is 12.9. The van der Waals surface area contributed by atoms with Crippen molar-refractivity contribution in [2.75, 3.05) is 13.1 Å². The van der Waals surface area contributed by atoms with Gasteiger partial charge in [0, 0.05) is 12.3 Å². The molecule has 4 rings (SSSR count). The van der Waals surface area contributed by atoms with Crippen molar-refractivity contribution < 1.29 is 31.6 Å². The van der Waals surface area contributed by atoms with Crippen molar-refractivity contribution in [3.05, 3.63) is 54.0 Å². The van der Waals surface area contributed by atoms with Crippen LogP contribution in [-0.2, 0) is 6.18 Å². The summed E-state index contributed by atoms with van der Waals surface area (Å²) in [4.78, 5) is 17.4. The zero-order chi connectivity index (χ0) is 19.0. The van der Waals surface area contributed by atoms with Gasteiger partial charge in [-0.05, 0) is 24.3 Å². The highest BCUT2D eigenvalue weighted by atomic mass is 19.4. The summed E-state index contributed by atoms with van der Waals surface area (Å²) in [7, 11) is 0. The van der Waals surface area contributed by atoms with E-state index in [1.165, 1.54) is 29.5 Å². The third-order valence-corrected chi connectivity index (χ3v) is 3.98. The van der Waals surface area contributed by atoms with Gasteiger partial charge < -0.3 is 18.6 Å². The van der Waals surface area contributed by atoms with Gasteiger partial charge >= 0.3 is 6.18 Å². The predicted molar refractivity (Wildman–Crippen MR) is 83.8 cm³/mol. The molecule has 0 aromatic carbocycles. The average Bonchev–Trinajstić information content (AvgIpc) is 3.27. The third-order valence-electron chi connectivity index (χ3n) is 3.98. The van der Waals surface area contributed by atoms with E-state index >= 15 is 0 Å². The van der Waals surface area contributed by atoms with E-state index in [1.807, 2.05) is 0 Å². The summed E-state index contributed by atoms with van der Waals surface area (Å²) >= 11 is 0. The Hall–Kier alpha value is -3.30. The van der Waals surface area contributed by atoms with Crippen LogP contribution in [-0.4, -0.2) is 40.1 Å². The molecule has 0 unspecified atom stereocenters. The number of rotatable bonds is 4. The molecular weight excluding hydrogens is 367 g/mol. The van der Waals surface area contributed by atoms with Gasteiger partial charge in [0.05, 0.1) is 19.4 Å². The first kappa shape index (κ1) is 17.1. The van der Waals surface area contributed by atoms with E-state index in [1.54, 1.807) is 12.1 Å². The minimum absolute atomic E-state index is 0.0775. The van der Waals surface area contributed by atoms with E-state index in [4.69, 9.17) is 13.7 Å². The molecule has 0 aliphatic carbocycles. The highest BCUT2D eigenvalue weighted by Crippen LogP contribution is 2.35. The number of alkyl halides is 3. The zero-order valence-electron chi connectivity index (χ0n) is 13.6. The molecule has 4 heterocycles. The normalized spacial score (nSPS) is 14.9. The molecule has 1 aliphatic heterocycles. The van der Waals surface area contributed by atoms with Crippen LogP contribution < -0.4 is 4.74 Å². The fourth-order valence-corrected chi connectivity index (χ4v) is 2.61. The van der Waals surface area contributed by atoms with Gasteiger partial charge in [0.1, 0.15) is 11.7 Å². The Morgan fingerprint density at radius 1 is 1.22 bits per heavy atom. The number of ether oxygens (including phenoxy) is 1. The number of hydrogen-bond donors (Lipinski definition) is 0. The lowest BCUT2D eigenvalue weighted by Crippen LogP contribution is -2.56. The van der Waals surface area contributed by atoms with Crippen LogP contribution in [0.2, 0.25) is 0 Å². The zero-order valence-corrected chi connectivity index (χ0v) is 13.6. The Balaban J connectivity index is 1.38. The number of nitrogens with zero attached hydrogens (tertiary/aromatic N) is 3. The van der Waals surface area contributed by atoms with Crippen molar-refractivity contribution in [3.8, 4) is 17.4 Å². The summed E-state index contributed by atoms with van der Waals surface area (Å²) in [6.07, 6.45) is -2.46. The molecule has 0 saturated carbocycles. The maximum atomic E-state index is 13.0. The number of aromatic nitrogens is 2. The summed E-state index contributed by atoms with van der Waals surface area (Å²) < 4.78 is 54.4. The molecule has 7 nitrogen and oxygen atoms in total. The summed E-state index contributed by atoms with van der Waals surface area (Å²) in [5, 5.41) is 3.70. The van der Waals surface area contributed by atoms with Gasteiger partial charge in [-0.2, -0.15) is 13.2 Å². The Kier molecular flexibility index (Phi) is 4.09. The Bertz CT molecular complexity index is 946. The van der Waals surface area contributed by atoms with E-state index < -0.39 is 29.6 Å². The molecule has 0 atom stereocenters. The van der Waals surface area contributed by atoms with E-state index in [0.29, 0.717) is 11.5 Å². The quantitative estimate of drug-likeness (QED) is 0.692. The summed E-state index contributed by atoms with van der Waals surface area (Å²) in [6.45, 7) is 0.241. The van der Waals surface area contributed by atoms with Crippen molar-refractivity contribution >= 4 is 5.91 Å². The third kappa shape index (κ3) is 3.37. The Morgan fingerprint density at radius 3 is 2.74 bits per heavy atom. The van der Waals surface area contributed by atoms with Gasteiger partial charge in [0.25, 0.3) is 5.91 Å². The molecule has 1 amide bonds. The molecule has 3 aromatic rings. The number of halogens is 3. The highest BCUT2D eigenvalue weighted by molar-refractivity contribution is 5.93. The molecule has 0 N–H and O–H groups in total. The van der Waals surface area contributed by atoms with Crippen LogP contribution in [0.1, 0.15) is 16.1 Å². The second kappa shape index (κ2) is 6.45. The summed E-state index contributed by atoms with van der Waals surface area (Å²) in [5.41, 5.74) is -0.872. The lowest BCUT2D eigenvalue weighted by atomic mass is 10.1. The standard InChI is InChI=1S/C17H12F3N3O4/c18-17(19,20)11-3-1-5-21-15(11)26-10-8-23(9-10)16(24)12-7-14(27-22-12)13-4-2-6-25-13/h1-7,10H,8-9H2. The van der Waals surface area contributed by atoms with E-state index in [9.17, 15) is 18.0 Å². The van der Waals surface area contributed by atoms with Gasteiger partial charge in [-0.1, -0.05) is 5.16 Å². The van der Waals surface area contributed by atoms with Gasteiger partial charge in [0.15, 0.2) is 11.5 Å². The first-order valence-corrected chi connectivity index (χ1v) is 7.90. The second-order valence-corrected chi connectivity index (χ2v) is 5.86. The molecule has 27 heavy (non-hydrogen) atoms. The largest absolute Gasteiger partial charge is 0.470 e. The van der Waals surface area contributed by atoms with Crippen molar-refractivity contribution in [2.45, 2.75) is 12.3 Å². The molecule has 1 fully saturated rings. The topological polar surface area (TPSA) is 81.6 Å². The van der Waals surface area contributed by atoms with E-state index in [0.717, 1.165) is 6.07 Å². The molecule has 10 heteroatoms. The minimum Gasteiger partial charge on any atom is -0.470 e. The van der Waals surface area contributed by atoms with Crippen molar-refractivity contribution in [3.63, 3.8) is 0 Å². The van der Waals surface area contributed by atoms with Gasteiger partial charge in [-0.25, -0.2) is 4.98 Å². The van der Waals surface area contributed by atoms with Crippen LogP contribution >= 0.6 is 0 Å². The first-order valence-electron chi connectivity index (χ1n) is 7.90. The highest BCUT2D eigenvalue weighted by Gasteiger charge is 2.39. The molecule has 1 aliphatic rings. The number of hydrogen-bond acceptors (Lipinski definition) is 6. The van der Waals surface area contributed by atoms with Crippen LogP contribution in [0.15, 0.2) is 51.7 Å². The van der Waals surface area contributed by atoms with Crippen LogP contribution in [0, 0.1) is 0 Å². The molecule has 3 aromatic heterocycles. The average molecular weight is 379 g/mol. The Morgan fingerprint density at radius 2 is 2.04 bits per heavy atom. The molecular formula is C17H12F3N3O4. The fraction of sp³-hybridized carbons (Fsp3) is 0.235. The minimum atomic E-state index is -4.56. The van der Waals surface area contributed by atoms with Crippen LogP contribution in [0.5, 0.6) is 5.88 Å². The molecule has 0 bridgehead atoms. The maximum absolute atomic E-state index is 13.0. The maximum Gasteiger partial charge on any atom is 0.421 e. The number of carbonyl (C=O) groups excluding carboxylic acids is 1. The monoisotopic (exact) mass is 379 g/mol. The van der Waals surface area contributed by atoms with Crippen molar-refractivity contribution in [1.82, 2.24) is 15.0 Å². The number of carbonyl (C=O) groups is 1. The van der Waals surface area contributed by atoms with Crippen molar-refractivity contribution in [1.29, 1.82) is 0 Å². The summed E-state index contributed by atoms with van der Waals surface area (Å²) in [6, 6.07) is 6.86. The Labute approximate surface area is 150 Å². The molecule has 1 saturated heterocycles. The lowest BCUT2D eigenvalue weighted by molar-refractivity contribution is -0.140. The molecule has 0 spiro atoms. The number of likely N-dealkylation sites (tertiary alicyclic amines) is 1. The van der Waals surface area contributed by atoms with Crippen LogP contribution in [0.25, 0.3) is 11.5 Å². The molecule has 140 valence electrons. The SMILES string of the molecule is O=C(c1cc(-c2ccco2)on1)N1CC(Oc2ncccc2C(F)(F)F)C1. The van der Waals surface area contributed by atoms with E-state index in [2.05, 4.69) is 10.1 Å².